The molecule has 15 heavy (non-hydrogen) atoms. The van der Waals surface area contributed by atoms with Gasteiger partial charge >= 0.3 is 0 Å². The van der Waals surface area contributed by atoms with Crippen LogP contribution in [0.4, 0.5) is 5.69 Å². The van der Waals surface area contributed by atoms with Crippen LogP contribution in [0.1, 0.15) is 22.3 Å². The monoisotopic (exact) mass is 201 g/mol. The fourth-order valence-electron chi connectivity index (χ4n) is 1.92. The lowest BCUT2D eigenvalue weighted by Crippen LogP contribution is -2.27. The highest BCUT2D eigenvalue weighted by molar-refractivity contribution is 5.85. The molecular formula is C13H15NO. The molecule has 1 aliphatic heterocycles. The molecule has 1 aromatic rings. The summed E-state index contributed by atoms with van der Waals surface area (Å²) in [6, 6.07) is 6.04. The lowest BCUT2D eigenvalue weighted by Gasteiger charge is -2.26. The molecule has 2 rings (SSSR count). The van der Waals surface area contributed by atoms with Gasteiger partial charge in [0.2, 0.25) is 0 Å². The Morgan fingerprint density at radius 1 is 1.33 bits per heavy atom. The van der Waals surface area contributed by atoms with Gasteiger partial charge in [0.05, 0.1) is 0 Å². The number of hydrogen-bond donors (Lipinski definition) is 0. The van der Waals surface area contributed by atoms with E-state index in [0.717, 1.165) is 42.6 Å². The Balaban J connectivity index is 2.34. The van der Waals surface area contributed by atoms with Crippen molar-refractivity contribution in [2.24, 2.45) is 0 Å². The fourth-order valence-corrected chi connectivity index (χ4v) is 1.92. The highest BCUT2D eigenvalue weighted by atomic mass is 16.1. The standard InChI is InChI=1S/C13H15NO/c1-11-5-6-13(12(9-11)10-15)14-7-3-2-4-8-14/h2-3,5-6,9-10H,4,7-8H2,1H3. The van der Waals surface area contributed by atoms with Gasteiger partial charge in [-0.2, -0.15) is 0 Å². The maximum Gasteiger partial charge on any atom is 0.152 e. The fraction of sp³-hybridized carbons (Fsp3) is 0.308. The van der Waals surface area contributed by atoms with Crippen LogP contribution in [0, 0.1) is 6.92 Å². The summed E-state index contributed by atoms with van der Waals surface area (Å²) in [5.41, 5.74) is 2.98. The average Bonchev–Trinajstić information content (AvgIpc) is 2.30. The number of anilines is 1. The van der Waals surface area contributed by atoms with Gasteiger partial charge in [-0.1, -0.05) is 23.8 Å². The summed E-state index contributed by atoms with van der Waals surface area (Å²) in [5.74, 6) is 0. The summed E-state index contributed by atoms with van der Waals surface area (Å²) >= 11 is 0. The zero-order chi connectivity index (χ0) is 10.7. The lowest BCUT2D eigenvalue weighted by molar-refractivity contribution is 0.112. The molecule has 0 aliphatic carbocycles. The molecular weight excluding hydrogens is 186 g/mol. The average molecular weight is 201 g/mol. The first-order valence-electron chi connectivity index (χ1n) is 5.27. The summed E-state index contributed by atoms with van der Waals surface area (Å²) in [4.78, 5) is 13.2. The van der Waals surface area contributed by atoms with Crippen molar-refractivity contribution in [1.82, 2.24) is 0 Å². The van der Waals surface area contributed by atoms with Crippen LogP contribution in [-0.4, -0.2) is 19.4 Å². The van der Waals surface area contributed by atoms with E-state index in [1.165, 1.54) is 0 Å². The van der Waals surface area contributed by atoms with Gasteiger partial charge in [-0.25, -0.2) is 0 Å². The van der Waals surface area contributed by atoms with Crippen molar-refractivity contribution in [2.75, 3.05) is 18.0 Å². The molecule has 0 bridgehead atoms. The van der Waals surface area contributed by atoms with Crippen LogP contribution in [0.5, 0.6) is 0 Å². The van der Waals surface area contributed by atoms with Crippen LogP contribution in [0.15, 0.2) is 30.4 Å². The molecule has 0 atom stereocenters. The molecule has 0 radical (unpaired) electrons. The Kier molecular flexibility index (Phi) is 2.86. The molecule has 1 aromatic carbocycles. The van der Waals surface area contributed by atoms with Crippen LogP contribution in [-0.2, 0) is 0 Å². The largest absolute Gasteiger partial charge is 0.367 e. The van der Waals surface area contributed by atoms with E-state index >= 15 is 0 Å². The van der Waals surface area contributed by atoms with E-state index in [4.69, 9.17) is 0 Å². The molecule has 0 fully saturated rings. The highest BCUT2D eigenvalue weighted by Crippen LogP contribution is 2.22. The number of rotatable bonds is 2. The summed E-state index contributed by atoms with van der Waals surface area (Å²) in [6.07, 6.45) is 6.34. The van der Waals surface area contributed by atoms with Gasteiger partial charge in [0.25, 0.3) is 0 Å². The van der Waals surface area contributed by atoms with E-state index in [2.05, 4.69) is 23.1 Å². The first-order chi connectivity index (χ1) is 7.31. The minimum absolute atomic E-state index is 0.797. The molecule has 1 heterocycles. The minimum atomic E-state index is 0.797. The van der Waals surface area contributed by atoms with Crippen molar-refractivity contribution >= 4 is 12.0 Å². The van der Waals surface area contributed by atoms with Gasteiger partial charge in [-0.3, -0.25) is 4.79 Å². The molecule has 0 amide bonds. The van der Waals surface area contributed by atoms with Crippen molar-refractivity contribution in [1.29, 1.82) is 0 Å². The zero-order valence-electron chi connectivity index (χ0n) is 8.94. The maximum absolute atomic E-state index is 11.0. The second-order valence-corrected chi connectivity index (χ2v) is 3.89. The van der Waals surface area contributed by atoms with Crippen LogP contribution in [0.25, 0.3) is 0 Å². The van der Waals surface area contributed by atoms with Gasteiger partial charge in [-0.05, 0) is 25.5 Å². The maximum atomic E-state index is 11.0. The molecule has 2 nitrogen and oxygen atoms in total. The van der Waals surface area contributed by atoms with Crippen molar-refractivity contribution in [2.45, 2.75) is 13.3 Å². The van der Waals surface area contributed by atoms with E-state index in [1.54, 1.807) is 0 Å². The van der Waals surface area contributed by atoms with Gasteiger partial charge < -0.3 is 4.90 Å². The number of carbonyl (C=O) groups excluding carboxylic acids is 1. The molecule has 0 unspecified atom stereocenters. The van der Waals surface area contributed by atoms with Crippen molar-refractivity contribution in [3.8, 4) is 0 Å². The lowest BCUT2D eigenvalue weighted by atomic mass is 10.1. The summed E-state index contributed by atoms with van der Waals surface area (Å²) in [6.45, 7) is 3.91. The third-order valence-electron chi connectivity index (χ3n) is 2.71. The first-order valence-corrected chi connectivity index (χ1v) is 5.27. The second-order valence-electron chi connectivity index (χ2n) is 3.89. The van der Waals surface area contributed by atoms with Crippen LogP contribution in [0.2, 0.25) is 0 Å². The highest BCUT2D eigenvalue weighted by Gasteiger charge is 2.11. The Labute approximate surface area is 90.2 Å². The molecule has 78 valence electrons. The van der Waals surface area contributed by atoms with E-state index in [1.807, 2.05) is 19.1 Å². The molecule has 1 aliphatic rings. The quantitative estimate of drug-likeness (QED) is 0.541. The molecule has 2 heteroatoms. The summed E-state index contributed by atoms with van der Waals surface area (Å²) < 4.78 is 0. The van der Waals surface area contributed by atoms with E-state index in [9.17, 15) is 4.79 Å². The Morgan fingerprint density at radius 3 is 2.87 bits per heavy atom. The van der Waals surface area contributed by atoms with Crippen molar-refractivity contribution in [3.63, 3.8) is 0 Å². The second kappa shape index (κ2) is 4.30. The van der Waals surface area contributed by atoms with Crippen LogP contribution in [0.3, 0.4) is 0 Å². The number of nitrogens with zero attached hydrogens (tertiary/aromatic N) is 1. The Bertz CT molecular complexity index is 396. The number of carbonyl (C=O) groups is 1. The van der Waals surface area contributed by atoms with E-state index in [0.29, 0.717) is 0 Å². The summed E-state index contributed by atoms with van der Waals surface area (Å²) in [5, 5.41) is 0. The first kappa shape index (κ1) is 9.97. The molecule has 0 saturated carbocycles. The molecule has 0 spiro atoms. The van der Waals surface area contributed by atoms with E-state index in [-0.39, 0.29) is 0 Å². The third-order valence-corrected chi connectivity index (χ3v) is 2.71. The predicted molar refractivity (Wildman–Crippen MR) is 62.5 cm³/mol. The van der Waals surface area contributed by atoms with E-state index < -0.39 is 0 Å². The third kappa shape index (κ3) is 2.09. The summed E-state index contributed by atoms with van der Waals surface area (Å²) in [7, 11) is 0. The van der Waals surface area contributed by atoms with Gasteiger partial charge in [0, 0.05) is 24.3 Å². The number of aldehydes is 1. The number of aryl methyl sites for hydroxylation is 1. The number of hydrogen-bond acceptors (Lipinski definition) is 2. The normalized spacial score (nSPS) is 15.4. The molecule has 0 N–H and O–H groups in total. The van der Waals surface area contributed by atoms with Crippen LogP contribution >= 0.6 is 0 Å². The molecule has 0 aromatic heterocycles. The molecule has 0 saturated heterocycles. The Morgan fingerprint density at radius 2 is 2.20 bits per heavy atom. The topological polar surface area (TPSA) is 20.3 Å². The van der Waals surface area contributed by atoms with Crippen molar-refractivity contribution in [3.05, 3.63) is 41.5 Å². The van der Waals surface area contributed by atoms with Crippen LogP contribution < -0.4 is 4.90 Å². The number of benzene rings is 1. The minimum Gasteiger partial charge on any atom is -0.367 e. The van der Waals surface area contributed by atoms with Crippen molar-refractivity contribution < 1.29 is 4.79 Å². The Hall–Kier alpha value is -1.57. The van der Waals surface area contributed by atoms with Gasteiger partial charge in [-0.15, -0.1) is 0 Å². The predicted octanol–water partition coefficient (Wildman–Crippen LogP) is 2.57. The van der Waals surface area contributed by atoms with Gasteiger partial charge in [0.15, 0.2) is 6.29 Å². The van der Waals surface area contributed by atoms with Gasteiger partial charge in [0.1, 0.15) is 0 Å². The smallest absolute Gasteiger partial charge is 0.152 e. The SMILES string of the molecule is Cc1ccc(N2CC=CCC2)c(C=O)c1. The zero-order valence-corrected chi connectivity index (χ0v) is 8.94.